The quantitative estimate of drug-likeness (QED) is 0.202. The summed E-state index contributed by atoms with van der Waals surface area (Å²) in [5.74, 6) is -2.19. The monoisotopic (exact) mass is 658 g/mol. The zero-order valence-corrected chi connectivity index (χ0v) is 27.0. The van der Waals surface area contributed by atoms with Gasteiger partial charge in [-0.1, -0.05) is 25.8 Å². The Kier molecular flexibility index (Phi) is 11.5. The number of benzene rings is 2. The topological polar surface area (TPSA) is 147 Å². The summed E-state index contributed by atoms with van der Waals surface area (Å²) in [4.78, 5) is 33.5. The lowest BCUT2D eigenvalue weighted by Gasteiger charge is -2.38. The average Bonchev–Trinajstić information content (AvgIpc) is 2.99. The Hall–Kier alpha value is -4.30. The molecule has 46 heavy (non-hydrogen) atoms. The first-order valence-corrected chi connectivity index (χ1v) is 17.0. The summed E-state index contributed by atoms with van der Waals surface area (Å²) in [5, 5.41) is 2.53. The summed E-state index contributed by atoms with van der Waals surface area (Å²) in [5.41, 5.74) is 6.69. The van der Waals surface area contributed by atoms with Crippen molar-refractivity contribution in [2.75, 3.05) is 35.9 Å². The Morgan fingerprint density at radius 1 is 1.07 bits per heavy atom. The van der Waals surface area contributed by atoms with Crippen LogP contribution >= 0.6 is 0 Å². The first-order chi connectivity index (χ1) is 21.8. The molecule has 1 saturated heterocycles. The molecular formula is C32H40F2N6O5S. The number of aromatic nitrogens is 1. The van der Waals surface area contributed by atoms with Gasteiger partial charge >= 0.3 is 6.03 Å². The Bertz CT molecular complexity index is 1650. The number of halogens is 2. The lowest BCUT2D eigenvalue weighted by molar-refractivity contribution is 0.0996. The number of rotatable bonds is 13. The van der Waals surface area contributed by atoms with Crippen molar-refractivity contribution in [2.45, 2.75) is 58.5 Å². The number of carbonyl (C=O) groups is 2. The van der Waals surface area contributed by atoms with Crippen LogP contribution in [0.2, 0.25) is 0 Å². The average molecular weight is 659 g/mol. The molecular weight excluding hydrogens is 618 g/mol. The van der Waals surface area contributed by atoms with Crippen molar-refractivity contribution < 1.29 is 31.5 Å². The van der Waals surface area contributed by atoms with E-state index in [9.17, 15) is 26.8 Å². The largest absolute Gasteiger partial charge is 0.439 e. The molecule has 0 spiro atoms. The molecule has 1 aromatic heterocycles. The standard InChI is InChI=1S/C32H40F2N6O5S/c1-4-5-6-15-40(32(42)37-29-18-26(31(35)41)27(33)19-28(29)34)24-13-16-39(17-14-24)20-22-7-12-30(36-21(22)2)45-25-10-8-23(9-11-25)38-46(3,43)44/h7-12,18-19,24,38H,4-6,13-17,20H2,1-3H3,(H2,35,41)(H,37,42). The smallest absolute Gasteiger partial charge is 0.322 e. The van der Waals surface area contributed by atoms with Gasteiger partial charge in [0.1, 0.15) is 17.4 Å². The van der Waals surface area contributed by atoms with Crippen molar-refractivity contribution in [1.29, 1.82) is 0 Å². The van der Waals surface area contributed by atoms with Crippen LogP contribution in [0.4, 0.5) is 25.0 Å². The van der Waals surface area contributed by atoms with E-state index >= 15 is 0 Å². The van der Waals surface area contributed by atoms with E-state index in [1.54, 1.807) is 35.2 Å². The van der Waals surface area contributed by atoms with Crippen molar-refractivity contribution in [3.63, 3.8) is 0 Å². The van der Waals surface area contributed by atoms with Crippen molar-refractivity contribution in [2.24, 2.45) is 5.73 Å². The second-order valence-electron chi connectivity index (χ2n) is 11.4. The Morgan fingerprint density at radius 2 is 1.76 bits per heavy atom. The Morgan fingerprint density at radius 3 is 2.37 bits per heavy atom. The molecule has 3 amide bonds. The molecule has 4 N–H and O–H groups in total. The fraction of sp³-hybridized carbons (Fsp3) is 0.406. The van der Waals surface area contributed by atoms with E-state index in [1.807, 2.05) is 13.0 Å². The van der Waals surface area contributed by atoms with Crippen molar-refractivity contribution in [3.8, 4) is 11.6 Å². The van der Waals surface area contributed by atoms with Crippen molar-refractivity contribution in [1.82, 2.24) is 14.8 Å². The van der Waals surface area contributed by atoms with E-state index in [2.05, 4.69) is 26.8 Å². The van der Waals surface area contributed by atoms with Crippen LogP contribution in [0.25, 0.3) is 0 Å². The minimum absolute atomic E-state index is 0.0822. The summed E-state index contributed by atoms with van der Waals surface area (Å²) < 4.78 is 59.5. The number of likely N-dealkylation sites (tertiary alicyclic amines) is 1. The number of urea groups is 1. The van der Waals surface area contributed by atoms with Gasteiger partial charge in [-0.05, 0) is 62.1 Å². The molecule has 1 aliphatic heterocycles. The highest BCUT2D eigenvalue weighted by atomic mass is 32.2. The first kappa shape index (κ1) is 34.6. The summed E-state index contributed by atoms with van der Waals surface area (Å²) in [7, 11) is -3.37. The number of carbonyl (C=O) groups excluding carboxylic acids is 2. The van der Waals surface area contributed by atoms with Gasteiger partial charge in [0.05, 0.1) is 17.5 Å². The fourth-order valence-corrected chi connectivity index (χ4v) is 5.91. The molecule has 11 nitrogen and oxygen atoms in total. The van der Waals surface area contributed by atoms with Crippen LogP contribution in [0.15, 0.2) is 48.5 Å². The number of primary amides is 1. The minimum atomic E-state index is -3.37. The number of nitrogens with zero attached hydrogens (tertiary/aromatic N) is 3. The van der Waals surface area contributed by atoms with Gasteiger partial charge in [-0.2, -0.15) is 0 Å². The molecule has 0 atom stereocenters. The molecule has 248 valence electrons. The van der Waals surface area contributed by atoms with Gasteiger partial charge in [-0.25, -0.2) is 27.0 Å². The third kappa shape index (κ3) is 9.60. The Balaban J connectivity index is 1.35. The molecule has 0 saturated carbocycles. The highest BCUT2D eigenvalue weighted by Crippen LogP contribution is 2.26. The number of piperidine rings is 1. The first-order valence-electron chi connectivity index (χ1n) is 15.1. The number of unbranched alkanes of at least 4 members (excludes halogenated alkanes) is 2. The van der Waals surface area contributed by atoms with Gasteiger partial charge in [-0.3, -0.25) is 14.4 Å². The van der Waals surface area contributed by atoms with E-state index in [4.69, 9.17) is 10.5 Å². The molecule has 4 rings (SSSR count). The summed E-state index contributed by atoms with van der Waals surface area (Å²) in [6, 6.07) is 11.2. The highest BCUT2D eigenvalue weighted by Gasteiger charge is 2.29. The molecule has 3 aromatic rings. The van der Waals surface area contributed by atoms with Crippen molar-refractivity contribution in [3.05, 3.63) is 77.0 Å². The van der Waals surface area contributed by atoms with Gasteiger partial charge in [-0.15, -0.1) is 0 Å². The summed E-state index contributed by atoms with van der Waals surface area (Å²) >= 11 is 0. The highest BCUT2D eigenvalue weighted by molar-refractivity contribution is 7.92. The van der Waals surface area contributed by atoms with Crippen LogP contribution in [0, 0.1) is 18.6 Å². The van der Waals surface area contributed by atoms with Crippen molar-refractivity contribution >= 4 is 33.3 Å². The number of pyridine rings is 1. The summed E-state index contributed by atoms with van der Waals surface area (Å²) in [6.45, 7) is 6.57. The van der Waals surface area contributed by atoms with E-state index < -0.39 is 39.2 Å². The number of aryl methyl sites for hydroxylation is 1. The van der Waals surface area contributed by atoms with Gasteiger partial charge in [0.15, 0.2) is 0 Å². The lowest BCUT2D eigenvalue weighted by Crippen LogP contribution is -2.49. The third-order valence-electron chi connectivity index (χ3n) is 7.77. The fourth-order valence-electron chi connectivity index (χ4n) is 5.35. The number of amides is 3. The predicted molar refractivity (Wildman–Crippen MR) is 172 cm³/mol. The molecule has 0 radical (unpaired) electrons. The number of sulfonamides is 1. The number of ether oxygens (including phenoxy) is 1. The molecule has 2 heterocycles. The molecule has 0 unspecified atom stereocenters. The molecule has 14 heteroatoms. The maximum absolute atomic E-state index is 14.5. The normalized spacial score (nSPS) is 14.1. The van der Waals surface area contributed by atoms with Gasteiger partial charge in [0, 0.05) is 55.7 Å². The number of hydrogen-bond acceptors (Lipinski definition) is 7. The number of nitrogens with one attached hydrogen (secondary N) is 2. The number of anilines is 2. The molecule has 0 aliphatic carbocycles. The molecule has 2 aromatic carbocycles. The Labute approximate surface area is 268 Å². The second kappa shape index (κ2) is 15.3. The number of nitrogens with two attached hydrogens (primary N) is 1. The van der Waals surface area contributed by atoms with Crippen LogP contribution in [0.5, 0.6) is 11.6 Å². The minimum Gasteiger partial charge on any atom is -0.439 e. The zero-order valence-electron chi connectivity index (χ0n) is 26.2. The lowest BCUT2D eigenvalue weighted by atomic mass is 10.0. The van der Waals surface area contributed by atoms with Gasteiger partial charge in [0.2, 0.25) is 15.9 Å². The predicted octanol–water partition coefficient (Wildman–Crippen LogP) is 5.62. The summed E-state index contributed by atoms with van der Waals surface area (Å²) in [6.07, 6.45) is 5.17. The zero-order chi connectivity index (χ0) is 33.4. The maximum atomic E-state index is 14.5. The van der Waals surface area contributed by atoms with Crippen LogP contribution in [-0.4, -0.2) is 67.1 Å². The number of hydrogen-bond donors (Lipinski definition) is 3. The molecule has 1 fully saturated rings. The van der Waals surface area contributed by atoms with Crippen LogP contribution in [-0.2, 0) is 16.6 Å². The van der Waals surface area contributed by atoms with E-state index in [-0.39, 0.29) is 11.7 Å². The van der Waals surface area contributed by atoms with E-state index in [1.165, 1.54) is 0 Å². The van der Waals surface area contributed by atoms with E-state index in [0.29, 0.717) is 49.3 Å². The second-order valence-corrected chi connectivity index (χ2v) is 13.2. The van der Waals surface area contributed by atoms with Crippen LogP contribution in [0.1, 0.15) is 60.6 Å². The third-order valence-corrected chi connectivity index (χ3v) is 8.38. The van der Waals surface area contributed by atoms with Crippen LogP contribution < -0.4 is 20.5 Å². The van der Waals surface area contributed by atoms with E-state index in [0.717, 1.165) is 55.9 Å². The van der Waals surface area contributed by atoms with Gasteiger partial charge in [0.25, 0.3) is 5.91 Å². The SMILES string of the molecule is CCCCCN(C(=O)Nc1cc(C(N)=O)c(F)cc1F)C1CCN(Cc2ccc(Oc3ccc(NS(C)(=O)=O)cc3)nc2C)CC1. The van der Waals surface area contributed by atoms with Gasteiger partial charge < -0.3 is 20.7 Å². The van der Waals surface area contributed by atoms with Crippen LogP contribution in [0.3, 0.4) is 0 Å². The molecule has 1 aliphatic rings. The maximum Gasteiger partial charge on any atom is 0.322 e. The molecule has 0 bridgehead atoms.